The summed E-state index contributed by atoms with van der Waals surface area (Å²) in [6.45, 7) is 4.94. The summed E-state index contributed by atoms with van der Waals surface area (Å²) in [6.07, 6.45) is 1.67. The highest BCUT2D eigenvalue weighted by Gasteiger charge is 2.52. The third-order valence-corrected chi connectivity index (χ3v) is 3.67. The normalized spacial score (nSPS) is 25.4. The first-order valence-corrected chi connectivity index (χ1v) is 6.13. The third kappa shape index (κ3) is 1.51. The summed E-state index contributed by atoms with van der Waals surface area (Å²) in [5.41, 5.74) is 7.30. The molecule has 5 nitrogen and oxygen atoms in total. The smallest absolute Gasteiger partial charge is 0.346 e. The SMILES string of the molecule is C=CCN1C(=O)N=C(N)C12COCc1ccccc12. The molecule has 2 N–H and O–H groups in total. The van der Waals surface area contributed by atoms with Crippen LogP contribution in [0.4, 0.5) is 4.79 Å². The van der Waals surface area contributed by atoms with E-state index in [-0.39, 0.29) is 6.03 Å². The van der Waals surface area contributed by atoms with Crippen LogP contribution in [0.3, 0.4) is 0 Å². The van der Waals surface area contributed by atoms with Crippen molar-refractivity contribution in [1.29, 1.82) is 0 Å². The molecule has 0 fully saturated rings. The van der Waals surface area contributed by atoms with Gasteiger partial charge in [-0.15, -0.1) is 6.58 Å². The summed E-state index contributed by atoms with van der Waals surface area (Å²) in [6, 6.07) is 7.52. The molecule has 0 saturated heterocycles. The van der Waals surface area contributed by atoms with E-state index in [1.54, 1.807) is 11.0 Å². The summed E-state index contributed by atoms with van der Waals surface area (Å²) < 4.78 is 5.64. The van der Waals surface area contributed by atoms with E-state index in [0.29, 0.717) is 25.6 Å². The van der Waals surface area contributed by atoms with Gasteiger partial charge in [-0.3, -0.25) is 4.90 Å². The lowest BCUT2D eigenvalue weighted by molar-refractivity contribution is 0.0277. The zero-order valence-corrected chi connectivity index (χ0v) is 10.5. The van der Waals surface area contributed by atoms with E-state index in [2.05, 4.69) is 11.6 Å². The minimum atomic E-state index is -0.778. The number of fused-ring (bicyclic) bond motifs is 2. The Labute approximate surface area is 111 Å². The summed E-state index contributed by atoms with van der Waals surface area (Å²) in [7, 11) is 0. The Bertz CT molecular complexity index is 582. The van der Waals surface area contributed by atoms with Crippen LogP contribution in [0.2, 0.25) is 0 Å². The fourth-order valence-corrected chi connectivity index (χ4v) is 2.79. The molecule has 1 unspecified atom stereocenters. The fourth-order valence-electron chi connectivity index (χ4n) is 2.79. The molecule has 1 aromatic rings. The Morgan fingerprint density at radius 3 is 3.11 bits per heavy atom. The molecule has 0 saturated carbocycles. The number of aliphatic imine (C=N–C) groups is 1. The number of nitrogens with two attached hydrogens (primary N) is 1. The van der Waals surface area contributed by atoms with Crippen LogP contribution in [-0.4, -0.2) is 29.9 Å². The maximum atomic E-state index is 12.0. The number of urea groups is 1. The summed E-state index contributed by atoms with van der Waals surface area (Å²) >= 11 is 0. The van der Waals surface area contributed by atoms with Crippen LogP contribution in [0.1, 0.15) is 11.1 Å². The first kappa shape index (κ1) is 11.9. The number of amides is 2. The Morgan fingerprint density at radius 2 is 2.32 bits per heavy atom. The zero-order valence-electron chi connectivity index (χ0n) is 10.5. The standard InChI is InChI=1S/C14H15N3O2/c1-2-7-17-13(18)16-12(15)14(17)9-19-8-10-5-3-4-6-11(10)14/h2-6H,1,7-9H2,(H2,15,16,18). The van der Waals surface area contributed by atoms with Crippen LogP contribution in [0.15, 0.2) is 41.9 Å². The third-order valence-electron chi connectivity index (χ3n) is 3.67. The quantitative estimate of drug-likeness (QED) is 0.814. The van der Waals surface area contributed by atoms with Gasteiger partial charge in [0.15, 0.2) is 5.54 Å². The van der Waals surface area contributed by atoms with E-state index in [1.807, 2.05) is 24.3 Å². The number of carbonyl (C=O) groups is 1. The van der Waals surface area contributed by atoms with Crippen molar-refractivity contribution < 1.29 is 9.53 Å². The van der Waals surface area contributed by atoms with Crippen LogP contribution in [0.25, 0.3) is 0 Å². The zero-order chi connectivity index (χ0) is 13.5. The Morgan fingerprint density at radius 1 is 1.53 bits per heavy atom. The van der Waals surface area contributed by atoms with E-state index in [4.69, 9.17) is 10.5 Å². The van der Waals surface area contributed by atoms with E-state index in [0.717, 1.165) is 11.1 Å². The van der Waals surface area contributed by atoms with Crippen molar-refractivity contribution in [2.45, 2.75) is 12.1 Å². The van der Waals surface area contributed by atoms with Gasteiger partial charge in [0, 0.05) is 6.54 Å². The summed E-state index contributed by atoms with van der Waals surface area (Å²) in [4.78, 5) is 17.5. The van der Waals surface area contributed by atoms with Gasteiger partial charge in [0.1, 0.15) is 5.84 Å². The molecule has 2 heterocycles. The minimum absolute atomic E-state index is 0.298. The van der Waals surface area contributed by atoms with Gasteiger partial charge >= 0.3 is 6.03 Å². The van der Waals surface area contributed by atoms with Crippen molar-refractivity contribution in [3.05, 3.63) is 48.0 Å². The van der Waals surface area contributed by atoms with Crippen molar-refractivity contribution in [2.75, 3.05) is 13.2 Å². The molecule has 2 aliphatic heterocycles. The molecule has 2 aliphatic rings. The number of hydrogen-bond acceptors (Lipinski definition) is 3. The highest BCUT2D eigenvalue weighted by molar-refractivity contribution is 6.06. The topological polar surface area (TPSA) is 67.9 Å². The van der Waals surface area contributed by atoms with Crippen molar-refractivity contribution in [2.24, 2.45) is 10.7 Å². The number of amidine groups is 1. The molecule has 1 atom stereocenters. The Kier molecular flexibility index (Phi) is 2.64. The van der Waals surface area contributed by atoms with Crippen molar-refractivity contribution in [1.82, 2.24) is 4.90 Å². The predicted octanol–water partition coefficient (Wildman–Crippen LogP) is 1.39. The maximum Gasteiger partial charge on any atom is 0.346 e. The average molecular weight is 257 g/mol. The van der Waals surface area contributed by atoms with Gasteiger partial charge < -0.3 is 10.5 Å². The molecular formula is C14H15N3O2. The van der Waals surface area contributed by atoms with Gasteiger partial charge in [-0.2, -0.15) is 4.99 Å². The second-order valence-corrected chi connectivity index (χ2v) is 4.69. The van der Waals surface area contributed by atoms with Gasteiger partial charge in [-0.25, -0.2) is 4.79 Å². The largest absolute Gasteiger partial charge is 0.385 e. The number of hydrogen-bond donors (Lipinski definition) is 1. The van der Waals surface area contributed by atoms with E-state index < -0.39 is 5.54 Å². The number of nitrogens with zero attached hydrogens (tertiary/aromatic N) is 2. The van der Waals surface area contributed by atoms with Crippen LogP contribution in [0.5, 0.6) is 0 Å². The van der Waals surface area contributed by atoms with Gasteiger partial charge in [-0.05, 0) is 11.1 Å². The van der Waals surface area contributed by atoms with Gasteiger partial charge in [0.25, 0.3) is 0 Å². The van der Waals surface area contributed by atoms with Crippen LogP contribution >= 0.6 is 0 Å². The summed E-state index contributed by atoms with van der Waals surface area (Å²) in [5, 5.41) is 0. The van der Waals surface area contributed by atoms with Crippen LogP contribution in [0, 0.1) is 0 Å². The highest BCUT2D eigenvalue weighted by atomic mass is 16.5. The molecule has 98 valence electrons. The molecule has 19 heavy (non-hydrogen) atoms. The Hall–Kier alpha value is -2.14. The van der Waals surface area contributed by atoms with E-state index in [9.17, 15) is 4.79 Å². The molecular weight excluding hydrogens is 242 g/mol. The number of rotatable bonds is 2. The van der Waals surface area contributed by atoms with Crippen LogP contribution in [-0.2, 0) is 16.9 Å². The lowest BCUT2D eigenvalue weighted by atomic mass is 9.83. The van der Waals surface area contributed by atoms with Crippen molar-refractivity contribution in [3.8, 4) is 0 Å². The molecule has 5 heteroatoms. The monoisotopic (exact) mass is 257 g/mol. The second-order valence-electron chi connectivity index (χ2n) is 4.69. The molecule has 3 rings (SSSR count). The maximum absolute atomic E-state index is 12.0. The Balaban J connectivity index is 2.19. The number of benzene rings is 1. The number of ether oxygens (including phenoxy) is 1. The van der Waals surface area contributed by atoms with Gasteiger partial charge in [0.05, 0.1) is 13.2 Å². The average Bonchev–Trinajstić information content (AvgIpc) is 2.65. The first-order valence-electron chi connectivity index (χ1n) is 6.13. The molecule has 1 aromatic carbocycles. The molecule has 0 aliphatic carbocycles. The fraction of sp³-hybridized carbons (Fsp3) is 0.286. The van der Waals surface area contributed by atoms with Crippen molar-refractivity contribution >= 4 is 11.9 Å². The molecule has 0 aromatic heterocycles. The van der Waals surface area contributed by atoms with E-state index >= 15 is 0 Å². The molecule has 0 bridgehead atoms. The van der Waals surface area contributed by atoms with Crippen molar-refractivity contribution in [3.63, 3.8) is 0 Å². The van der Waals surface area contributed by atoms with Gasteiger partial charge in [0.2, 0.25) is 0 Å². The summed E-state index contributed by atoms with van der Waals surface area (Å²) in [5.74, 6) is 0.298. The first-order chi connectivity index (χ1) is 9.20. The molecule has 2 amide bonds. The van der Waals surface area contributed by atoms with E-state index in [1.165, 1.54) is 0 Å². The number of carbonyl (C=O) groups excluding carboxylic acids is 1. The molecule has 1 spiro atoms. The second kappa shape index (κ2) is 4.20. The highest BCUT2D eigenvalue weighted by Crippen LogP contribution is 2.39. The lowest BCUT2D eigenvalue weighted by Gasteiger charge is -2.41. The minimum Gasteiger partial charge on any atom is -0.385 e. The predicted molar refractivity (Wildman–Crippen MR) is 71.7 cm³/mol. The van der Waals surface area contributed by atoms with Gasteiger partial charge in [-0.1, -0.05) is 30.3 Å². The van der Waals surface area contributed by atoms with Crippen LogP contribution < -0.4 is 5.73 Å². The lowest BCUT2D eigenvalue weighted by Crippen LogP contribution is -2.56. The molecule has 0 radical (unpaired) electrons.